The highest BCUT2D eigenvalue weighted by atomic mass is 32.2. The summed E-state index contributed by atoms with van der Waals surface area (Å²) >= 11 is 0. The molecule has 1 saturated heterocycles. The van der Waals surface area contributed by atoms with Crippen molar-refractivity contribution < 1.29 is 13.2 Å². The van der Waals surface area contributed by atoms with E-state index in [-0.39, 0.29) is 11.2 Å². The molecular weight excluding hydrogens is 240 g/mol. The van der Waals surface area contributed by atoms with Gasteiger partial charge in [0.15, 0.2) is 9.84 Å². The molecule has 1 aliphatic rings. The molecule has 0 aliphatic carbocycles. The van der Waals surface area contributed by atoms with Gasteiger partial charge >= 0.3 is 0 Å². The third-order valence-corrected chi connectivity index (χ3v) is 4.92. The Labute approximate surface area is 104 Å². The molecular formula is C11H22N2O3S. The zero-order valence-electron chi connectivity index (χ0n) is 10.8. The van der Waals surface area contributed by atoms with Gasteiger partial charge in [-0.05, 0) is 26.3 Å². The van der Waals surface area contributed by atoms with Gasteiger partial charge in [-0.3, -0.25) is 9.69 Å². The standard InChI is InChI=1S/C11H22N2O3S/c1-4-12(2)11(14)9-13-7-5-6-10(8-13)17(3,15)16/h10H,4-9H2,1-3H3/t10-/m0/s1. The van der Waals surface area contributed by atoms with Crippen LogP contribution in [0.3, 0.4) is 0 Å². The molecule has 100 valence electrons. The first-order chi connectivity index (χ1) is 7.84. The molecule has 1 aliphatic heterocycles. The van der Waals surface area contributed by atoms with Gasteiger partial charge in [-0.1, -0.05) is 0 Å². The van der Waals surface area contributed by atoms with Crippen molar-refractivity contribution in [2.24, 2.45) is 0 Å². The van der Waals surface area contributed by atoms with E-state index in [1.807, 2.05) is 11.8 Å². The van der Waals surface area contributed by atoms with E-state index >= 15 is 0 Å². The summed E-state index contributed by atoms with van der Waals surface area (Å²) in [5, 5.41) is -0.309. The van der Waals surface area contributed by atoms with Crippen LogP contribution in [-0.4, -0.2) is 68.9 Å². The van der Waals surface area contributed by atoms with Crippen molar-refractivity contribution in [2.75, 3.05) is 39.5 Å². The van der Waals surface area contributed by atoms with Crippen LogP contribution in [0.2, 0.25) is 0 Å². The minimum absolute atomic E-state index is 0.0571. The highest BCUT2D eigenvalue weighted by Gasteiger charge is 2.28. The molecule has 0 unspecified atom stereocenters. The van der Waals surface area contributed by atoms with Crippen LogP contribution in [0, 0.1) is 0 Å². The van der Waals surface area contributed by atoms with E-state index in [9.17, 15) is 13.2 Å². The first-order valence-electron chi connectivity index (χ1n) is 5.99. The zero-order chi connectivity index (χ0) is 13.1. The summed E-state index contributed by atoms with van der Waals surface area (Å²) in [7, 11) is -1.22. The first kappa shape index (κ1) is 14.4. The number of likely N-dealkylation sites (N-methyl/N-ethyl adjacent to an activating group) is 1. The van der Waals surface area contributed by atoms with Crippen molar-refractivity contribution >= 4 is 15.7 Å². The molecule has 0 N–H and O–H groups in total. The Balaban J connectivity index is 2.53. The molecule has 17 heavy (non-hydrogen) atoms. The number of sulfone groups is 1. The van der Waals surface area contributed by atoms with E-state index in [1.165, 1.54) is 6.26 Å². The Bertz CT molecular complexity index is 367. The van der Waals surface area contributed by atoms with E-state index in [4.69, 9.17) is 0 Å². The maximum absolute atomic E-state index is 11.7. The van der Waals surface area contributed by atoms with E-state index in [1.54, 1.807) is 11.9 Å². The summed E-state index contributed by atoms with van der Waals surface area (Å²) in [6.45, 7) is 4.24. The first-order valence-corrected chi connectivity index (χ1v) is 7.95. The molecule has 0 spiro atoms. The van der Waals surface area contributed by atoms with Crippen molar-refractivity contribution in [3.8, 4) is 0 Å². The lowest BCUT2D eigenvalue weighted by atomic mass is 10.1. The number of amides is 1. The number of likely N-dealkylation sites (tertiary alicyclic amines) is 1. The smallest absolute Gasteiger partial charge is 0.236 e. The van der Waals surface area contributed by atoms with E-state index in [0.717, 1.165) is 13.0 Å². The van der Waals surface area contributed by atoms with Crippen molar-refractivity contribution in [3.05, 3.63) is 0 Å². The van der Waals surface area contributed by atoms with Crippen LogP contribution in [0.4, 0.5) is 0 Å². The van der Waals surface area contributed by atoms with Crippen molar-refractivity contribution in [3.63, 3.8) is 0 Å². The molecule has 0 aromatic heterocycles. The summed E-state index contributed by atoms with van der Waals surface area (Å²) < 4.78 is 23.0. The normalized spacial score (nSPS) is 22.4. The van der Waals surface area contributed by atoms with Gasteiger partial charge in [0, 0.05) is 26.4 Å². The fraction of sp³-hybridized carbons (Fsp3) is 0.909. The lowest BCUT2D eigenvalue weighted by Crippen LogP contribution is -2.46. The van der Waals surface area contributed by atoms with Gasteiger partial charge in [0.05, 0.1) is 11.8 Å². The van der Waals surface area contributed by atoms with Crippen LogP contribution < -0.4 is 0 Å². The number of nitrogens with zero attached hydrogens (tertiary/aromatic N) is 2. The lowest BCUT2D eigenvalue weighted by Gasteiger charge is -2.32. The average molecular weight is 262 g/mol. The SMILES string of the molecule is CCN(C)C(=O)CN1CCC[C@H](S(C)(=O)=O)C1. The number of hydrogen-bond acceptors (Lipinski definition) is 4. The predicted molar refractivity (Wildman–Crippen MR) is 67.6 cm³/mol. The van der Waals surface area contributed by atoms with Gasteiger partial charge in [-0.15, -0.1) is 0 Å². The zero-order valence-corrected chi connectivity index (χ0v) is 11.7. The van der Waals surface area contributed by atoms with Crippen LogP contribution in [-0.2, 0) is 14.6 Å². The number of piperidine rings is 1. The Morgan fingerprint density at radius 1 is 1.47 bits per heavy atom. The average Bonchev–Trinajstić information content (AvgIpc) is 2.27. The molecule has 0 saturated carbocycles. The monoisotopic (exact) mass is 262 g/mol. The fourth-order valence-electron chi connectivity index (χ4n) is 1.99. The largest absolute Gasteiger partial charge is 0.345 e. The lowest BCUT2D eigenvalue weighted by molar-refractivity contribution is -0.131. The summed E-state index contributed by atoms with van der Waals surface area (Å²) in [4.78, 5) is 15.3. The second kappa shape index (κ2) is 5.82. The molecule has 1 heterocycles. The summed E-state index contributed by atoms with van der Waals surface area (Å²) in [6.07, 6.45) is 2.84. The van der Waals surface area contributed by atoms with Crippen LogP contribution >= 0.6 is 0 Å². The molecule has 1 amide bonds. The number of carbonyl (C=O) groups is 1. The second-order valence-corrected chi connectivity index (χ2v) is 7.06. The molecule has 1 fully saturated rings. The summed E-state index contributed by atoms with van der Waals surface area (Å²) in [6, 6.07) is 0. The Hall–Kier alpha value is -0.620. The Kier molecular flexibility index (Phi) is 4.94. The van der Waals surface area contributed by atoms with Gasteiger partial charge in [-0.25, -0.2) is 8.42 Å². The van der Waals surface area contributed by atoms with Gasteiger partial charge in [0.25, 0.3) is 0 Å². The molecule has 1 rings (SSSR count). The van der Waals surface area contributed by atoms with Crippen molar-refractivity contribution in [1.29, 1.82) is 0 Å². The van der Waals surface area contributed by atoms with E-state index < -0.39 is 9.84 Å². The highest BCUT2D eigenvalue weighted by molar-refractivity contribution is 7.91. The quantitative estimate of drug-likeness (QED) is 0.714. The van der Waals surface area contributed by atoms with Crippen LogP contribution in [0.5, 0.6) is 0 Å². The minimum atomic E-state index is -2.99. The molecule has 0 radical (unpaired) electrons. The minimum Gasteiger partial charge on any atom is -0.345 e. The molecule has 5 nitrogen and oxygen atoms in total. The van der Waals surface area contributed by atoms with Crippen molar-refractivity contribution in [1.82, 2.24) is 9.80 Å². The van der Waals surface area contributed by atoms with Crippen LogP contribution in [0.25, 0.3) is 0 Å². The second-order valence-electron chi connectivity index (χ2n) is 4.74. The molecule has 0 aromatic carbocycles. The third-order valence-electron chi connectivity index (χ3n) is 3.33. The van der Waals surface area contributed by atoms with Gasteiger partial charge in [-0.2, -0.15) is 0 Å². The highest BCUT2D eigenvalue weighted by Crippen LogP contribution is 2.16. The Morgan fingerprint density at radius 2 is 2.12 bits per heavy atom. The maximum atomic E-state index is 11.7. The van der Waals surface area contributed by atoms with Gasteiger partial charge in [0.2, 0.25) is 5.91 Å². The number of rotatable bonds is 4. The van der Waals surface area contributed by atoms with E-state index in [2.05, 4.69) is 0 Å². The van der Waals surface area contributed by atoms with Gasteiger partial charge in [0.1, 0.15) is 0 Å². The van der Waals surface area contributed by atoms with Crippen LogP contribution in [0.15, 0.2) is 0 Å². The van der Waals surface area contributed by atoms with Crippen LogP contribution in [0.1, 0.15) is 19.8 Å². The maximum Gasteiger partial charge on any atom is 0.236 e. The molecule has 6 heteroatoms. The molecule has 0 aromatic rings. The topological polar surface area (TPSA) is 57.7 Å². The van der Waals surface area contributed by atoms with E-state index in [0.29, 0.717) is 26.1 Å². The van der Waals surface area contributed by atoms with Crippen molar-refractivity contribution in [2.45, 2.75) is 25.0 Å². The summed E-state index contributed by atoms with van der Waals surface area (Å²) in [5.74, 6) is 0.0571. The number of hydrogen-bond donors (Lipinski definition) is 0. The Morgan fingerprint density at radius 3 is 2.65 bits per heavy atom. The summed E-state index contributed by atoms with van der Waals surface area (Å²) in [5.41, 5.74) is 0. The molecule has 0 bridgehead atoms. The molecule has 1 atom stereocenters. The van der Waals surface area contributed by atoms with Gasteiger partial charge < -0.3 is 4.90 Å². The fourth-order valence-corrected chi connectivity index (χ4v) is 3.07. The predicted octanol–water partition coefficient (Wildman–Crippen LogP) is -0.0263. The number of carbonyl (C=O) groups excluding carboxylic acids is 1. The third kappa shape index (κ3) is 4.27.